The SMILES string of the molecule is CCCc1nnc(NC(=O)C[C@@H](NC(=O)C(F)(F)F)c2ccccc2)s1. The summed E-state index contributed by atoms with van der Waals surface area (Å²) in [7, 11) is 0. The molecule has 6 nitrogen and oxygen atoms in total. The summed E-state index contributed by atoms with van der Waals surface area (Å²) in [6, 6.07) is 6.87. The second kappa shape index (κ2) is 8.75. The van der Waals surface area contributed by atoms with Crippen molar-refractivity contribution in [1.29, 1.82) is 0 Å². The van der Waals surface area contributed by atoms with Gasteiger partial charge >= 0.3 is 12.1 Å². The second-order valence-electron chi connectivity index (χ2n) is 5.44. The Balaban J connectivity index is 2.07. The molecule has 0 saturated carbocycles. The monoisotopic (exact) mass is 386 g/mol. The van der Waals surface area contributed by atoms with Crippen LogP contribution in [0.1, 0.15) is 36.4 Å². The molecule has 1 atom stereocenters. The highest BCUT2D eigenvalue weighted by Crippen LogP contribution is 2.23. The number of nitrogens with zero attached hydrogens (tertiary/aromatic N) is 2. The zero-order chi connectivity index (χ0) is 19.2. The van der Waals surface area contributed by atoms with Gasteiger partial charge in [-0.05, 0) is 12.0 Å². The Kier molecular flexibility index (Phi) is 6.67. The fourth-order valence-electron chi connectivity index (χ4n) is 2.15. The number of aryl methyl sites for hydroxylation is 1. The van der Waals surface area contributed by atoms with Gasteiger partial charge in [0.15, 0.2) is 0 Å². The number of anilines is 1. The average molecular weight is 386 g/mol. The molecule has 2 rings (SSSR count). The molecule has 1 aromatic heterocycles. The molecule has 1 heterocycles. The molecule has 0 unspecified atom stereocenters. The molecule has 0 fully saturated rings. The first-order valence-electron chi connectivity index (χ1n) is 7.84. The maximum atomic E-state index is 12.6. The number of benzene rings is 1. The lowest BCUT2D eigenvalue weighted by atomic mass is 10.0. The van der Waals surface area contributed by atoms with Gasteiger partial charge in [0.1, 0.15) is 5.01 Å². The largest absolute Gasteiger partial charge is 0.471 e. The Morgan fingerprint density at radius 2 is 1.88 bits per heavy atom. The Hall–Kier alpha value is -2.49. The number of alkyl halides is 3. The van der Waals surface area contributed by atoms with Gasteiger partial charge in [0.25, 0.3) is 0 Å². The summed E-state index contributed by atoms with van der Waals surface area (Å²) in [5, 5.41) is 13.1. The molecule has 0 saturated heterocycles. The van der Waals surface area contributed by atoms with Crippen LogP contribution in [0.4, 0.5) is 18.3 Å². The number of amides is 2. The third kappa shape index (κ3) is 5.80. The smallest absolute Gasteiger partial charge is 0.341 e. The maximum Gasteiger partial charge on any atom is 0.471 e. The molecule has 0 bridgehead atoms. The summed E-state index contributed by atoms with van der Waals surface area (Å²) in [6.45, 7) is 1.98. The van der Waals surface area contributed by atoms with Crippen LogP contribution >= 0.6 is 11.3 Å². The van der Waals surface area contributed by atoms with Crippen molar-refractivity contribution in [2.24, 2.45) is 0 Å². The van der Waals surface area contributed by atoms with Crippen molar-refractivity contribution in [3.8, 4) is 0 Å². The maximum absolute atomic E-state index is 12.6. The fraction of sp³-hybridized carbons (Fsp3) is 0.375. The number of halogens is 3. The number of hydrogen-bond donors (Lipinski definition) is 2. The van der Waals surface area contributed by atoms with E-state index < -0.39 is 24.0 Å². The Bertz CT molecular complexity index is 749. The van der Waals surface area contributed by atoms with Crippen molar-refractivity contribution in [3.05, 3.63) is 40.9 Å². The van der Waals surface area contributed by atoms with Gasteiger partial charge in [-0.3, -0.25) is 9.59 Å². The normalized spacial score (nSPS) is 12.5. The molecule has 26 heavy (non-hydrogen) atoms. The lowest BCUT2D eigenvalue weighted by Crippen LogP contribution is -2.40. The van der Waals surface area contributed by atoms with E-state index in [0.29, 0.717) is 5.56 Å². The first-order valence-corrected chi connectivity index (χ1v) is 8.66. The standard InChI is InChI=1S/C16H17F3N4O2S/c1-2-6-13-22-23-15(26-13)21-12(24)9-11(10-7-4-3-5-8-10)20-14(25)16(17,18)19/h3-5,7-8,11H,2,6,9H2,1H3,(H,20,25)(H,21,23,24)/t11-/m1/s1. The molecular weight excluding hydrogens is 369 g/mol. The number of aromatic nitrogens is 2. The lowest BCUT2D eigenvalue weighted by Gasteiger charge is -2.19. The first-order chi connectivity index (χ1) is 12.3. The molecule has 0 radical (unpaired) electrons. The van der Waals surface area contributed by atoms with E-state index in [1.165, 1.54) is 11.3 Å². The van der Waals surface area contributed by atoms with E-state index in [2.05, 4.69) is 15.5 Å². The van der Waals surface area contributed by atoms with Crippen LogP contribution < -0.4 is 10.6 Å². The molecule has 2 N–H and O–H groups in total. The molecule has 0 spiro atoms. The van der Waals surface area contributed by atoms with Crippen LogP contribution in [-0.4, -0.2) is 28.2 Å². The van der Waals surface area contributed by atoms with E-state index in [0.717, 1.165) is 17.8 Å². The summed E-state index contributed by atoms with van der Waals surface area (Å²) in [6.07, 6.45) is -3.80. The van der Waals surface area contributed by atoms with E-state index in [1.54, 1.807) is 30.3 Å². The van der Waals surface area contributed by atoms with Gasteiger partial charge in [-0.15, -0.1) is 10.2 Å². The van der Waals surface area contributed by atoms with E-state index in [1.807, 2.05) is 12.2 Å². The van der Waals surface area contributed by atoms with Crippen LogP contribution in [0, 0.1) is 0 Å². The zero-order valence-electron chi connectivity index (χ0n) is 13.8. The van der Waals surface area contributed by atoms with Crippen molar-refractivity contribution in [2.45, 2.75) is 38.4 Å². The van der Waals surface area contributed by atoms with Crippen LogP contribution in [0.15, 0.2) is 30.3 Å². The van der Waals surface area contributed by atoms with Crippen molar-refractivity contribution in [2.75, 3.05) is 5.32 Å². The molecule has 1 aromatic carbocycles. The minimum Gasteiger partial charge on any atom is -0.341 e. The summed E-state index contributed by atoms with van der Waals surface area (Å²) < 4.78 is 37.7. The quantitative estimate of drug-likeness (QED) is 0.765. The Labute approximate surface area is 151 Å². The van der Waals surface area contributed by atoms with Gasteiger partial charge in [-0.1, -0.05) is 48.6 Å². The average Bonchev–Trinajstić information content (AvgIpc) is 3.01. The van der Waals surface area contributed by atoms with E-state index in [9.17, 15) is 22.8 Å². The summed E-state index contributed by atoms with van der Waals surface area (Å²) in [5.74, 6) is -2.67. The summed E-state index contributed by atoms with van der Waals surface area (Å²) in [5.41, 5.74) is 0.393. The van der Waals surface area contributed by atoms with Crippen LogP contribution in [-0.2, 0) is 16.0 Å². The number of carbonyl (C=O) groups excluding carboxylic acids is 2. The number of hydrogen-bond acceptors (Lipinski definition) is 5. The third-order valence-corrected chi connectivity index (χ3v) is 4.23. The molecule has 140 valence electrons. The molecular formula is C16H17F3N4O2S. The van der Waals surface area contributed by atoms with Crippen LogP contribution in [0.3, 0.4) is 0 Å². The molecule has 10 heteroatoms. The van der Waals surface area contributed by atoms with Crippen LogP contribution in [0.5, 0.6) is 0 Å². The highest BCUT2D eigenvalue weighted by molar-refractivity contribution is 7.15. The van der Waals surface area contributed by atoms with Gasteiger partial charge in [0.05, 0.1) is 12.5 Å². The van der Waals surface area contributed by atoms with E-state index in [4.69, 9.17) is 0 Å². The molecule has 0 aliphatic carbocycles. The van der Waals surface area contributed by atoms with Crippen molar-refractivity contribution >= 4 is 28.3 Å². The van der Waals surface area contributed by atoms with E-state index in [-0.39, 0.29) is 11.6 Å². The molecule has 2 aromatic rings. The Morgan fingerprint density at radius 1 is 1.19 bits per heavy atom. The van der Waals surface area contributed by atoms with Gasteiger partial charge < -0.3 is 10.6 Å². The van der Waals surface area contributed by atoms with Gasteiger partial charge in [-0.25, -0.2) is 0 Å². The minimum atomic E-state index is -5.03. The Morgan fingerprint density at radius 3 is 2.50 bits per heavy atom. The van der Waals surface area contributed by atoms with E-state index >= 15 is 0 Å². The zero-order valence-corrected chi connectivity index (χ0v) is 14.7. The van der Waals surface area contributed by atoms with Crippen molar-refractivity contribution in [3.63, 3.8) is 0 Å². The fourth-order valence-corrected chi connectivity index (χ4v) is 3.01. The summed E-state index contributed by atoms with van der Waals surface area (Å²) in [4.78, 5) is 23.5. The number of rotatable bonds is 7. The highest BCUT2D eigenvalue weighted by atomic mass is 32.1. The van der Waals surface area contributed by atoms with Gasteiger partial charge in [-0.2, -0.15) is 13.2 Å². The predicted molar refractivity (Wildman–Crippen MR) is 90.5 cm³/mol. The summed E-state index contributed by atoms with van der Waals surface area (Å²) >= 11 is 1.21. The number of carbonyl (C=O) groups is 2. The van der Waals surface area contributed by atoms with Gasteiger partial charge in [0.2, 0.25) is 11.0 Å². The van der Waals surface area contributed by atoms with Crippen molar-refractivity contribution in [1.82, 2.24) is 15.5 Å². The topological polar surface area (TPSA) is 84.0 Å². The van der Waals surface area contributed by atoms with Gasteiger partial charge in [0, 0.05) is 6.42 Å². The molecule has 2 amide bonds. The molecule has 0 aliphatic rings. The highest BCUT2D eigenvalue weighted by Gasteiger charge is 2.40. The lowest BCUT2D eigenvalue weighted by molar-refractivity contribution is -0.174. The molecule has 0 aliphatic heterocycles. The second-order valence-corrected chi connectivity index (χ2v) is 6.50. The minimum absolute atomic E-state index is 0.271. The number of nitrogens with one attached hydrogen (secondary N) is 2. The predicted octanol–water partition coefficient (Wildman–Crippen LogP) is 3.24. The third-order valence-electron chi connectivity index (χ3n) is 3.33. The van der Waals surface area contributed by atoms with Crippen LogP contribution in [0.2, 0.25) is 0 Å². The first kappa shape index (κ1) is 19.8. The van der Waals surface area contributed by atoms with Crippen LogP contribution in [0.25, 0.3) is 0 Å². The van der Waals surface area contributed by atoms with Crippen molar-refractivity contribution < 1.29 is 22.8 Å².